The molecule has 0 bridgehead atoms. The number of thioether (sulfide) groups is 1. The molecule has 1 N–H and O–H groups in total. The number of phenols is 1. The summed E-state index contributed by atoms with van der Waals surface area (Å²) in [6, 6.07) is 3.36. The summed E-state index contributed by atoms with van der Waals surface area (Å²) in [5.74, 6) is -0.184. The normalized spacial score (nSPS) is 17.6. The van der Waals surface area contributed by atoms with Crippen LogP contribution in [-0.2, 0) is 4.79 Å². The van der Waals surface area contributed by atoms with Crippen molar-refractivity contribution < 1.29 is 14.7 Å². The van der Waals surface area contributed by atoms with Crippen LogP contribution in [-0.4, -0.2) is 27.7 Å². The molecule has 1 aromatic carbocycles. The number of amides is 2. The van der Waals surface area contributed by atoms with Gasteiger partial charge in [-0.3, -0.25) is 14.5 Å². The summed E-state index contributed by atoms with van der Waals surface area (Å²) in [6.07, 6.45) is 1.63. The van der Waals surface area contributed by atoms with E-state index in [1.165, 1.54) is 4.90 Å². The molecule has 0 atom stereocenters. The van der Waals surface area contributed by atoms with E-state index in [1.807, 2.05) is 0 Å². The molecule has 7 heteroatoms. The molecule has 2 amide bonds. The van der Waals surface area contributed by atoms with Crippen LogP contribution in [0.25, 0.3) is 6.08 Å². The fourth-order valence-corrected chi connectivity index (χ4v) is 3.72. The van der Waals surface area contributed by atoms with Crippen LogP contribution in [0.3, 0.4) is 0 Å². The SMILES string of the molecule is CCN1C(=O)S/C(=C/c2cc(Br)c(O)c(Br)c2)C1=O. The molecule has 0 radical (unpaired) electrons. The molecule has 1 heterocycles. The Morgan fingerprint density at radius 2 is 1.89 bits per heavy atom. The van der Waals surface area contributed by atoms with Gasteiger partial charge in [-0.2, -0.15) is 0 Å². The Bertz CT molecular complexity index is 578. The van der Waals surface area contributed by atoms with E-state index in [0.717, 1.165) is 17.3 Å². The zero-order valence-corrected chi connectivity index (χ0v) is 13.8. The van der Waals surface area contributed by atoms with Crippen molar-refractivity contribution in [1.29, 1.82) is 0 Å². The molecule has 1 saturated heterocycles. The third kappa shape index (κ3) is 2.88. The number of imide groups is 1. The molecule has 100 valence electrons. The van der Waals surface area contributed by atoms with Gasteiger partial charge in [0.05, 0.1) is 13.9 Å². The highest BCUT2D eigenvalue weighted by Gasteiger charge is 2.33. The summed E-state index contributed by atoms with van der Waals surface area (Å²) in [6.45, 7) is 2.12. The smallest absolute Gasteiger partial charge is 0.293 e. The molecule has 1 aliphatic heterocycles. The molecule has 19 heavy (non-hydrogen) atoms. The van der Waals surface area contributed by atoms with Crippen LogP contribution in [0.4, 0.5) is 4.79 Å². The van der Waals surface area contributed by atoms with Crippen LogP contribution in [0.5, 0.6) is 5.75 Å². The van der Waals surface area contributed by atoms with E-state index in [4.69, 9.17) is 0 Å². The Morgan fingerprint density at radius 3 is 2.37 bits per heavy atom. The fourth-order valence-electron chi connectivity index (χ4n) is 1.59. The highest BCUT2D eigenvalue weighted by molar-refractivity contribution is 9.11. The number of hydrogen-bond donors (Lipinski definition) is 1. The van der Waals surface area contributed by atoms with E-state index in [0.29, 0.717) is 20.4 Å². The Kier molecular flexibility index (Phi) is 4.37. The van der Waals surface area contributed by atoms with Gasteiger partial charge in [-0.25, -0.2) is 0 Å². The molecule has 2 rings (SSSR count). The predicted octanol–water partition coefficient (Wildman–Crippen LogP) is 3.97. The lowest BCUT2D eigenvalue weighted by Crippen LogP contribution is -2.27. The Balaban J connectivity index is 2.38. The van der Waals surface area contributed by atoms with E-state index in [2.05, 4.69) is 31.9 Å². The van der Waals surface area contributed by atoms with Crippen molar-refractivity contribution in [1.82, 2.24) is 4.90 Å². The van der Waals surface area contributed by atoms with Crippen LogP contribution in [0.2, 0.25) is 0 Å². The van der Waals surface area contributed by atoms with Gasteiger partial charge < -0.3 is 5.11 Å². The van der Waals surface area contributed by atoms with Gasteiger partial charge in [0.25, 0.3) is 11.1 Å². The first kappa shape index (κ1) is 14.6. The van der Waals surface area contributed by atoms with Crippen molar-refractivity contribution in [2.45, 2.75) is 6.92 Å². The molecule has 0 unspecified atom stereocenters. The van der Waals surface area contributed by atoms with Gasteiger partial charge in [-0.15, -0.1) is 0 Å². The minimum Gasteiger partial charge on any atom is -0.506 e. The Hall–Kier alpha value is -0.790. The van der Waals surface area contributed by atoms with Gasteiger partial charge in [-0.1, -0.05) is 0 Å². The van der Waals surface area contributed by atoms with Gasteiger partial charge in [0.1, 0.15) is 5.75 Å². The van der Waals surface area contributed by atoms with Crippen molar-refractivity contribution >= 4 is 60.8 Å². The molecule has 0 aromatic heterocycles. The summed E-state index contributed by atoms with van der Waals surface area (Å²) in [5, 5.41) is 9.36. The van der Waals surface area contributed by atoms with Gasteiger partial charge in [0, 0.05) is 6.54 Å². The molecular weight excluding hydrogens is 398 g/mol. The van der Waals surface area contributed by atoms with Crippen LogP contribution in [0.15, 0.2) is 26.0 Å². The van der Waals surface area contributed by atoms with Crippen LogP contribution < -0.4 is 0 Å². The summed E-state index contributed by atoms with van der Waals surface area (Å²) in [4.78, 5) is 25.1. The van der Waals surface area contributed by atoms with Crippen molar-refractivity contribution in [3.8, 4) is 5.75 Å². The Labute approximate surface area is 131 Å². The minimum absolute atomic E-state index is 0.0961. The van der Waals surface area contributed by atoms with Crippen molar-refractivity contribution in [3.63, 3.8) is 0 Å². The van der Waals surface area contributed by atoms with E-state index >= 15 is 0 Å². The lowest BCUT2D eigenvalue weighted by Gasteiger charge is -2.07. The largest absolute Gasteiger partial charge is 0.506 e. The minimum atomic E-state index is -0.280. The molecule has 0 saturated carbocycles. The number of likely N-dealkylation sites (N-methyl/N-ethyl adjacent to an activating group) is 1. The lowest BCUT2D eigenvalue weighted by atomic mass is 10.2. The van der Waals surface area contributed by atoms with Crippen molar-refractivity contribution in [2.24, 2.45) is 0 Å². The monoisotopic (exact) mass is 405 g/mol. The fraction of sp³-hybridized carbons (Fsp3) is 0.167. The summed E-state index contributed by atoms with van der Waals surface area (Å²) in [5.41, 5.74) is 0.721. The molecule has 1 aliphatic rings. The maximum atomic E-state index is 11.9. The number of carbonyl (C=O) groups excluding carboxylic acids is 2. The van der Waals surface area contributed by atoms with Crippen molar-refractivity contribution in [2.75, 3.05) is 6.54 Å². The first-order valence-corrected chi connectivity index (χ1v) is 7.77. The van der Waals surface area contributed by atoms with Crippen LogP contribution in [0, 0.1) is 0 Å². The second-order valence-corrected chi connectivity index (χ2v) is 6.46. The number of halogens is 2. The third-order valence-electron chi connectivity index (χ3n) is 2.53. The van der Waals surface area contributed by atoms with E-state index in [9.17, 15) is 14.7 Å². The molecular formula is C12H9Br2NO3S. The number of benzene rings is 1. The van der Waals surface area contributed by atoms with Crippen LogP contribution in [0.1, 0.15) is 12.5 Å². The first-order valence-electron chi connectivity index (χ1n) is 5.37. The zero-order chi connectivity index (χ0) is 14.2. The first-order chi connectivity index (χ1) is 8.93. The molecule has 1 fully saturated rings. The highest BCUT2D eigenvalue weighted by atomic mass is 79.9. The lowest BCUT2D eigenvalue weighted by molar-refractivity contribution is -0.122. The second kappa shape index (κ2) is 5.68. The van der Waals surface area contributed by atoms with Gasteiger partial charge in [0.2, 0.25) is 0 Å². The number of hydrogen-bond acceptors (Lipinski definition) is 4. The standard InChI is InChI=1S/C12H9Br2NO3S/c1-2-15-11(17)9(19-12(15)18)5-6-3-7(13)10(16)8(14)4-6/h3-5,16H,2H2,1H3/b9-5+. The van der Waals surface area contributed by atoms with E-state index < -0.39 is 0 Å². The zero-order valence-electron chi connectivity index (χ0n) is 9.81. The maximum absolute atomic E-state index is 11.9. The summed E-state index contributed by atoms with van der Waals surface area (Å²) >= 11 is 7.36. The van der Waals surface area contributed by atoms with Gasteiger partial charge in [0.15, 0.2) is 0 Å². The maximum Gasteiger partial charge on any atom is 0.293 e. The number of phenolic OH excluding ortho intramolecular Hbond substituents is 1. The van der Waals surface area contributed by atoms with Gasteiger partial charge in [-0.05, 0) is 74.3 Å². The predicted molar refractivity (Wildman–Crippen MR) is 81.9 cm³/mol. The third-order valence-corrected chi connectivity index (χ3v) is 4.64. The number of rotatable bonds is 2. The van der Waals surface area contributed by atoms with E-state index in [1.54, 1.807) is 25.1 Å². The average Bonchev–Trinajstić information content (AvgIpc) is 2.61. The Morgan fingerprint density at radius 1 is 1.32 bits per heavy atom. The van der Waals surface area contributed by atoms with Gasteiger partial charge >= 0.3 is 0 Å². The number of nitrogens with zero attached hydrogens (tertiary/aromatic N) is 1. The number of carbonyl (C=O) groups is 2. The summed E-state index contributed by atoms with van der Waals surface area (Å²) < 4.78 is 1.03. The summed E-state index contributed by atoms with van der Waals surface area (Å²) in [7, 11) is 0. The van der Waals surface area contributed by atoms with Crippen molar-refractivity contribution in [3.05, 3.63) is 31.5 Å². The van der Waals surface area contributed by atoms with Crippen LogP contribution >= 0.6 is 43.6 Å². The molecule has 0 spiro atoms. The average molecular weight is 407 g/mol. The second-order valence-electron chi connectivity index (χ2n) is 3.76. The van der Waals surface area contributed by atoms with E-state index in [-0.39, 0.29) is 16.9 Å². The quantitative estimate of drug-likeness (QED) is 0.754. The molecule has 4 nitrogen and oxygen atoms in total. The number of aromatic hydroxyl groups is 1. The topological polar surface area (TPSA) is 57.6 Å². The molecule has 1 aromatic rings. The molecule has 0 aliphatic carbocycles. The highest BCUT2D eigenvalue weighted by Crippen LogP contribution is 2.36.